The Morgan fingerprint density at radius 1 is 1.38 bits per heavy atom. The predicted molar refractivity (Wildman–Crippen MR) is 53.1 cm³/mol. The molecule has 0 aliphatic heterocycles. The van der Waals surface area contributed by atoms with Gasteiger partial charge in [0, 0.05) is 11.5 Å². The summed E-state index contributed by atoms with van der Waals surface area (Å²) in [5.74, 6) is 0.374. The molecular formula is C10H9FOS. The minimum absolute atomic E-state index is 0.201. The summed E-state index contributed by atoms with van der Waals surface area (Å²) in [6, 6.07) is 3.28. The van der Waals surface area contributed by atoms with Gasteiger partial charge in [-0.25, -0.2) is 4.39 Å². The normalized spacial score (nSPS) is 10.7. The second kappa shape index (κ2) is 3.00. The minimum atomic E-state index is -0.201. The van der Waals surface area contributed by atoms with Gasteiger partial charge >= 0.3 is 0 Å². The zero-order valence-electron chi connectivity index (χ0n) is 7.43. The van der Waals surface area contributed by atoms with Crippen molar-refractivity contribution in [3.8, 4) is 5.75 Å². The fourth-order valence-corrected chi connectivity index (χ4v) is 2.25. The molecule has 3 heteroatoms. The van der Waals surface area contributed by atoms with E-state index in [9.17, 15) is 4.39 Å². The summed E-state index contributed by atoms with van der Waals surface area (Å²) in [6.07, 6.45) is 0. The van der Waals surface area contributed by atoms with Crippen LogP contribution in [0.5, 0.6) is 5.75 Å². The van der Waals surface area contributed by atoms with Crippen LogP contribution in [0.15, 0.2) is 17.5 Å². The van der Waals surface area contributed by atoms with Crippen LogP contribution < -0.4 is 4.74 Å². The topological polar surface area (TPSA) is 9.23 Å². The molecule has 0 radical (unpaired) electrons. The average Bonchev–Trinajstić information content (AvgIpc) is 2.48. The SMILES string of the molecule is COc1cc(F)c2scc(C)c2c1. The number of hydrogen-bond acceptors (Lipinski definition) is 2. The fraction of sp³-hybridized carbons (Fsp3) is 0.200. The molecule has 0 unspecified atom stereocenters. The van der Waals surface area contributed by atoms with Gasteiger partial charge in [0.05, 0.1) is 11.8 Å². The van der Waals surface area contributed by atoms with Crippen LogP contribution in [0.25, 0.3) is 10.1 Å². The van der Waals surface area contributed by atoms with Crippen molar-refractivity contribution in [2.75, 3.05) is 7.11 Å². The molecule has 1 heterocycles. The zero-order chi connectivity index (χ0) is 9.42. The maximum absolute atomic E-state index is 13.4. The summed E-state index contributed by atoms with van der Waals surface area (Å²) in [5.41, 5.74) is 1.10. The molecule has 0 N–H and O–H groups in total. The van der Waals surface area contributed by atoms with Crippen molar-refractivity contribution in [2.24, 2.45) is 0 Å². The second-order valence-electron chi connectivity index (χ2n) is 2.90. The van der Waals surface area contributed by atoms with Crippen LogP contribution in [0.4, 0.5) is 4.39 Å². The molecule has 1 aromatic carbocycles. The van der Waals surface area contributed by atoms with Crippen molar-refractivity contribution in [1.29, 1.82) is 0 Å². The molecular weight excluding hydrogens is 187 g/mol. The highest BCUT2D eigenvalue weighted by atomic mass is 32.1. The molecule has 0 aliphatic rings. The highest BCUT2D eigenvalue weighted by molar-refractivity contribution is 7.17. The van der Waals surface area contributed by atoms with E-state index in [0.717, 1.165) is 10.9 Å². The van der Waals surface area contributed by atoms with E-state index in [4.69, 9.17) is 4.74 Å². The molecule has 13 heavy (non-hydrogen) atoms. The monoisotopic (exact) mass is 196 g/mol. The number of hydrogen-bond donors (Lipinski definition) is 0. The maximum Gasteiger partial charge on any atom is 0.144 e. The first-order valence-electron chi connectivity index (χ1n) is 3.93. The van der Waals surface area contributed by atoms with Crippen molar-refractivity contribution in [1.82, 2.24) is 0 Å². The van der Waals surface area contributed by atoms with Crippen LogP contribution in [0, 0.1) is 12.7 Å². The number of halogens is 1. The molecule has 2 rings (SSSR count). The Bertz CT molecular complexity index is 447. The van der Waals surface area contributed by atoms with Crippen LogP contribution in [-0.2, 0) is 0 Å². The molecule has 1 aromatic heterocycles. The number of benzene rings is 1. The first-order chi connectivity index (χ1) is 6.22. The molecule has 0 saturated carbocycles. The van der Waals surface area contributed by atoms with Gasteiger partial charge in [-0.2, -0.15) is 0 Å². The molecule has 68 valence electrons. The van der Waals surface area contributed by atoms with Gasteiger partial charge in [0.1, 0.15) is 11.6 Å². The summed E-state index contributed by atoms with van der Waals surface area (Å²) in [4.78, 5) is 0. The molecule has 0 fully saturated rings. The number of thiophene rings is 1. The van der Waals surface area contributed by atoms with E-state index in [2.05, 4.69) is 0 Å². The quantitative estimate of drug-likeness (QED) is 0.679. The Morgan fingerprint density at radius 3 is 2.85 bits per heavy atom. The van der Waals surface area contributed by atoms with Gasteiger partial charge in [0.15, 0.2) is 0 Å². The molecule has 0 atom stereocenters. The lowest BCUT2D eigenvalue weighted by atomic mass is 10.2. The molecule has 1 nitrogen and oxygen atoms in total. The van der Waals surface area contributed by atoms with E-state index in [1.54, 1.807) is 7.11 Å². The number of ether oxygens (including phenoxy) is 1. The second-order valence-corrected chi connectivity index (χ2v) is 3.78. The van der Waals surface area contributed by atoms with Gasteiger partial charge in [0.2, 0.25) is 0 Å². The summed E-state index contributed by atoms with van der Waals surface area (Å²) >= 11 is 1.43. The predicted octanol–water partition coefficient (Wildman–Crippen LogP) is 3.36. The van der Waals surface area contributed by atoms with Crippen LogP contribution in [0.1, 0.15) is 5.56 Å². The number of fused-ring (bicyclic) bond motifs is 1. The minimum Gasteiger partial charge on any atom is -0.497 e. The largest absolute Gasteiger partial charge is 0.497 e. The van der Waals surface area contributed by atoms with Gasteiger partial charge in [-0.05, 0) is 23.9 Å². The Labute approximate surface area is 79.8 Å². The Balaban J connectivity index is 2.80. The Morgan fingerprint density at radius 2 is 2.15 bits per heavy atom. The highest BCUT2D eigenvalue weighted by Gasteiger charge is 2.07. The van der Waals surface area contributed by atoms with Crippen molar-refractivity contribution >= 4 is 21.4 Å². The van der Waals surface area contributed by atoms with Crippen molar-refractivity contribution in [3.05, 3.63) is 28.9 Å². The van der Waals surface area contributed by atoms with Crippen molar-refractivity contribution < 1.29 is 9.13 Å². The Hall–Kier alpha value is -1.09. The van der Waals surface area contributed by atoms with E-state index < -0.39 is 0 Å². The molecule has 0 spiro atoms. The van der Waals surface area contributed by atoms with Crippen LogP contribution in [0.2, 0.25) is 0 Å². The van der Waals surface area contributed by atoms with E-state index in [1.807, 2.05) is 18.4 Å². The molecule has 0 aliphatic carbocycles. The zero-order valence-corrected chi connectivity index (χ0v) is 8.24. The summed E-state index contributed by atoms with van der Waals surface area (Å²) in [7, 11) is 1.54. The number of aryl methyl sites for hydroxylation is 1. The van der Waals surface area contributed by atoms with E-state index in [-0.39, 0.29) is 5.82 Å². The van der Waals surface area contributed by atoms with Gasteiger partial charge in [0.25, 0.3) is 0 Å². The average molecular weight is 196 g/mol. The molecule has 0 saturated heterocycles. The van der Waals surface area contributed by atoms with E-state index in [1.165, 1.54) is 17.4 Å². The third kappa shape index (κ3) is 1.29. The van der Waals surface area contributed by atoms with Crippen molar-refractivity contribution in [3.63, 3.8) is 0 Å². The van der Waals surface area contributed by atoms with Gasteiger partial charge in [-0.15, -0.1) is 11.3 Å². The van der Waals surface area contributed by atoms with Gasteiger partial charge in [-0.3, -0.25) is 0 Å². The van der Waals surface area contributed by atoms with E-state index in [0.29, 0.717) is 10.4 Å². The lowest BCUT2D eigenvalue weighted by Gasteiger charge is -2.00. The third-order valence-electron chi connectivity index (χ3n) is 2.03. The van der Waals surface area contributed by atoms with Gasteiger partial charge in [-0.1, -0.05) is 0 Å². The lowest BCUT2D eigenvalue weighted by Crippen LogP contribution is -1.84. The fourth-order valence-electron chi connectivity index (χ4n) is 1.31. The number of methoxy groups -OCH3 is 1. The molecule has 0 bridgehead atoms. The smallest absolute Gasteiger partial charge is 0.144 e. The summed E-state index contributed by atoms with van der Waals surface area (Å²) < 4.78 is 19.1. The Kier molecular flexibility index (Phi) is 1.96. The van der Waals surface area contributed by atoms with Crippen LogP contribution in [-0.4, -0.2) is 7.11 Å². The van der Waals surface area contributed by atoms with Crippen LogP contribution >= 0.6 is 11.3 Å². The van der Waals surface area contributed by atoms with Crippen molar-refractivity contribution in [2.45, 2.75) is 6.92 Å². The summed E-state index contributed by atoms with van der Waals surface area (Å²) in [6.45, 7) is 1.97. The molecule has 2 aromatic rings. The van der Waals surface area contributed by atoms with E-state index >= 15 is 0 Å². The first-order valence-corrected chi connectivity index (χ1v) is 4.81. The third-order valence-corrected chi connectivity index (χ3v) is 3.15. The lowest BCUT2D eigenvalue weighted by molar-refractivity contribution is 0.412. The number of rotatable bonds is 1. The maximum atomic E-state index is 13.4. The summed E-state index contributed by atoms with van der Waals surface area (Å²) in [5, 5.41) is 2.90. The van der Waals surface area contributed by atoms with Gasteiger partial charge < -0.3 is 4.74 Å². The first kappa shape index (κ1) is 8.51. The standard InChI is InChI=1S/C10H9FOS/c1-6-5-13-10-8(6)3-7(12-2)4-9(10)11/h3-5H,1-2H3. The highest BCUT2D eigenvalue weighted by Crippen LogP contribution is 2.31. The van der Waals surface area contributed by atoms with Crippen LogP contribution in [0.3, 0.4) is 0 Å². The molecule has 0 amide bonds.